The third kappa shape index (κ3) is 2.25. The summed E-state index contributed by atoms with van der Waals surface area (Å²) in [5, 5.41) is 2.37. The number of nitrogens with one attached hydrogen (secondary N) is 1. The summed E-state index contributed by atoms with van der Waals surface area (Å²) in [6.07, 6.45) is 0. The lowest BCUT2D eigenvalue weighted by atomic mass is 10.4. The SMILES string of the molecule is Cc1cccc(NC(N)=O)n1. The molecule has 0 bridgehead atoms. The first-order valence-corrected chi connectivity index (χ1v) is 3.18. The van der Waals surface area contributed by atoms with Crippen LogP contribution in [-0.2, 0) is 0 Å². The fourth-order valence-electron chi connectivity index (χ4n) is 0.739. The zero-order valence-electron chi connectivity index (χ0n) is 6.16. The summed E-state index contributed by atoms with van der Waals surface area (Å²) in [6.45, 7) is 1.84. The summed E-state index contributed by atoms with van der Waals surface area (Å²) < 4.78 is 0. The number of hydrogen-bond acceptors (Lipinski definition) is 2. The quantitative estimate of drug-likeness (QED) is 0.625. The van der Waals surface area contributed by atoms with E-state index in [0.717, 1.165) is 5.69 Å². The monoisotopic (exact) mass is 151 g/mol. The Kier molecular flexibility index (Phi) is 2.06. The van der Waals surface area contributed by atoms with E-state index in [4.69, 9.17) is 5.73 Å². The zero-order valence-corrected chi connectivity index (χ0v) is 6.16. The number of urea groups is 1. The predicted molar refractivity (Wildman–Crippen MR) is 42.2 cm³/mol. The van der Waals surface area contributed by atoms with Crippen LogP contribution in [0.3, 0.4) is 0 Å². The van der Waals surface area contributed by atoms with Crippen molar-refractivity contribution in [1.82, 2.24) is 4.98 Å². The summed E-state index contributed by atoms with van der Waals surface area (Å²) in [5.41, 5.74) is 5.73. The van der Waals surface area contributed by atoms with Crippen molar-refractivity contribution < 1.29 is 4.79 Å². The maximum absolute atomic E-state index is 10.4. The fraction of sp³-hybridized carbons (Fsp3) is 0.143. The van der Waals surface area contributed by atoms with E-state index in [-0.39, 0.29) is 0 Å². The summed E-state index contributed by atoms with van der Waals surface area (Å²) in [6, 6.07) is 4.72. The number of hydrogen-bond donors (Lipinski definition) is 2. The maximum atomic E-state index is 10.4. The molecule has 0 spiro atoms. The number of amides is 2. The Balaban J connectivity index is 2.79. The van der Waals surface area contributed by atoms with Gasteiger partial charge in [-0.3, -0.25) is 5.32 Å². The van der Waals surface area contributed by atoms with Crippen molar-refractivity contribution in [1.29, 1.82) is 0 Å². The summed E-state index contributed by atoms with van der Waals surface area (Å²) in [7, 11) is 0. The Hall–Kier alpha value is -1.58. The molecule has 1 aromatic rings. The second kappa shape index (κ2) is 3.01. The van der Waals surface area contributed by atoms with E-state index in [2.05, 4.69) is 10.3 Å². The van der Waals surface area contributed by atoms with Crippen molar-refractivity contribution in [3.8, 4) is 0 Å². The number of aryl methyl sites for hydroxylation is 1. The average molecular weight is 151 g/mol. The molecule has 3 N–H and O–H groups in total. The van der Waals surface area contributed by atoms with Crippen molar-refractivity contribution in [3.05, 3.63) is 23.9 Å². The zero-order chi connectivity index (χ0) is 8.27. The average Bonchev–Trinajstić information content (AvgIpc) is 1.85. The van der Waals surface area contributed by atoms with Gasteiger partial charge in [0.05, 0.1) is 0 Å². The largest absolute Gasteiger partial charge is 0.351 e. The molecule has 0 aliphatic rings. The van der Waals surface area contributed by atoms with Crippen LogP contribution >= 0.6 is 0 Å². The molecule has 0 aliphatic heterocycles. The summed E-state index contributed by atoms with van der Waals surface area (Å²) in [4.78, 5) is 14.4. The molecule has 11 heavy (non-hydrogen) atoms. The molecule has 1 rings (SSSR count). The number of anilines is 1. The van der Waals surface area contributed by atoms with E-state index in [1.165, 1.54) is 0 Å². The van der Waals surface area contributed by atoms with Crippen molar-refractivity contribution in [2.45, 2.75) is 6.92 Å². The highest BCUT2D eigenvalue weighted by atomic mass is 16.2. The molecule has 0 radical (unpaired) electrons. The van der Waals surface area contributed by atoms with Gasteiger partial charge in [-0.15, -0.1) is 0 Å². The van der Waals surface area contributed by atoms with Crippen molar-refractivity contribution in [2.24, 2.45) is 5.73 Å². The number of carbonyl (C=O) groups is 1. The van der Waals surface area contributed by atoms with Gasteiger partial charge in [-0.05, 0) is 19.1 Å². The molecule has 2 amide bonds. The number of primary amides is 1. The van der Waals surface area contributed by atoms with Crippen LogP contribution in [0.2, 0.25) is 0 Å². The second-order valence-electron chi connectivity index (χ2n) is 2.15. The molecule has 0 saturated carbocycles. The minimum Gasteiger partial charge on any atom is -0.351 e. The van der Waals surface area contributed by atoms with E-state index in [0.29, 0.717) is 5.82 Å². The lowest BCUT2D eigenvalue weighted by molar-refractivity contribution is 0.259. The number of aromatic nitrogens is 1. The highest BCUT2D eigenvalue weighted by molar-refractivity contribution is 5.86. The van der Waals surface area contributed by atoms with Crippen molar-refractivity contribution in [3.63, 3.8) is 0 Å². The van der Waals surface area contributed by atoms with E-state index in [9.17, 15) is 4.79 Å². The summed E-state index contributed by atoms with van der Waals surface area (Å²) in [5.74, 6) is 0.484. The van der Waals surface area contributed by atoms with Gasteiger partial charge >= 0.3 is 6.03 Å². The van der Waals surface area contributed by atoms with Crippen LogP contribution < -0.4 is 11.1 Å². The molecule has 1 aromatic heterocycles. The number of nitrogens with two attached hydrogens (primary N) is 1. The number of nitrogens with zero attached hydrogens (tertiary/aromatic N) is 1. The van der Waals surface area contributed by atoms with Gasteiger partial charge in [0, 0.05) is 5.69 Å². The molecule has 4 heteroatoms. The molecule has 0 fully saturated rings. The maximum Gasteiger partial charge on any atom is 0.317 e. The third-order valence-electron chi connectivity index (χ3n) is 1.14. The molecule has 58 valence electrons. The number of rotatable bonds is 1. The topological polar surface area (TPSA) is 68.0 Å². The lowest BCUT2D eigenvalue weighted by Crippen LogP contribution is -2.20. The van der Waals surface area contributed by atoms with Crippen LogP contribution in [0.1, 0.15) is 5.69 Å². The Bertz CT molecular complexity index is 272. The van der Waals surface area contributed by atoms with Crippen LogP contribution in [0, 0.1) is 6.92 Å². The first-order chi connectivity index (χ1) is 5.18. The molecular formula is C7H9N3O. The van der Waals surface area contributed by atoms with E-state index in [1.54, 1.807) is 12.1 Å². The highest BCUT2D eigenvalue weighted by Crippen LogP contribution is 2.02. The Morgan fingerprint density at radius 2 is 2.36 bits per heavy atom. The van der Waals surface area contributed by atoms with Crippen molar-refractivity contribution in [2.75, 3.05) is 5.32 Å². The van der Waals surface area contributed by atoms with Gasteiger partial charge in [0.1, 0.15) is 5.82 Å². The first-order valence-electron chi connectivity index (χ1n) is 3.18. The lowest BCUT2D eigenvalue weighted by Gasteiger charge is -1.99. The molecule has 0 aromatic carbocycles. The Morgan fingerprint density at radius 3 is 2.91 bits per heavy atom. The van der Waals surface area contributed by atoms with Crippen LogP contribution in [0.25, 0.3) is 0 Å². The highest BCUT2D eigenvalue weighted by Gasteiger charge is 1.95. The predicted octanol–water partition coefficient (Wildman–Crippen LogP) is 0.881. The summed E-state index contributed by atoms with van der Waals surface area (Å²) >= 11 is 0. The van der Waals surface area contributed by atoms with Gasteiger partial charge in [-0.25, -0.2) is 9.78 Å². The minimum absolute atomic E-state index is 0.484. The molecule has 0 unspecified atom stereocenters. The van der Waals surface area contributed by atoms with Gasteiger partial charge in [-0.1, -0.05) is 6.07 Å². The number of carbonyl (C=O) groups excluding carboxylic acids is 1. The Labute approximate surface area is 64.4 Å². The van der Waals surface area contributed by atoms with Gasteiger partial charge in [0.15, 0.2) is 0 Å². The number of pyridine rings is 1. The van der Waals surface area contributed by atoms with Gasteiger partial charge in [-0.2, -0.15) is 0 Å². The Morgan fingerprint density at radius 1 is 1.64 bits per heavy atom. The van der Waals surface area contributed by atoms with Crippen molar-refractivity contribution >= 4 is 11.8 Å². The van der Waals surface area contributed by atoms with E-state index < -0.39 is 6.03 Å². The molecule has 0 saturated heterocycles. The smallest absolute Gasteiger partial charge is 0.317 e. The second-order valence-corrected chi connectivity index (χ2v) is 2.15. The normalized spacial score (nSPS) is 9.18. The molecule has 4 nitrogen and oxygen atoms in total. The minimum atomic E-state index is -0.594. The fourth-order valence-corrected chi connectivity index (χ4v) is 0.739. The standard InChI is InChI=1S/C7H9N3O/c1-5-3-2-4-6(9-5)10-7(8)11/h2-4H,1H3,(H3,8,9,10,11). The van der Waals surface area contributed by atoms with Crippen LogP contribution in [0.4, 0.5) is 10.6 Å². The first kappa shape index (κ1) is 7.53. The molecule has 0 aliphatic carbocycles. The third-order valence-corrected chi connectivity index (χ3v) is 1.14. The van der Waals surface area contributed by atoms with Gasteiger partial charge < -0.3 is 5.73 Å². The van der Waals surface area contributed by atoms with Crippen LogP contribution in [-0.4, -0.2) is 11.0 Å². The van der Waals surface area contributed by atoms with Crippen LogP contribution in [0.5, 0.6) is 0 Å². The van der Waals surface area contributed by atoms with E-state index >= 15 is 0 Å². The van der Waals surface area contributed by atoms with Gasteiger partial charge in [0.25, 0.3) is 0 Å². The van der Waals surface area contributed by atoms with Gasteiger partial charge in [0.2, 0.25) is 0 Å². The van der Waals surface area contributed by atoms with E-state index in [1.807, 2.05) is 13.0 Å². The molecule has 1 heterocycles. The molecular weight excluding hydrogens is 142 g/mol. The van der Waals surface area contributed by atoms with Crippen LogP contribution in [0.15, 0.2) is 18.2 Å². The molecule has 0 atom stereocenters.